The first-order valence-corrected chi connectivity index (χ1v) is 11.6. The Balaban J connectivity index is 1.45. The van der Waals surface area contributed by atoms with Crippen molar-refractivity contribution in [2.45, 2.75) is 31.2 Å². The van der Waals surface area contributed by atoms with E-state index >= 15 is 0 Å². The van der Waals surface area contributed by atoms with Gasteiger partial charge in [-0.25, -0.2) is 9.83 Å². The van der Waals surface area contributed by atoms with Gasteiger partial charge in [-0.05, 0) is 24.5 Å². The first kappa shape index (κ1) is 24.7. The number of primary amides is 1. The number of piperidine rings is 1. The minimum absolute atomic E-state index is 0.0220. The molecule has 1 unspecified atom stereocenters. The molecule has 1 aliphatic rings. The van der Waals surface area contributed by atoms with Crippen LogP contribution < -0.4 is 21.7 Å². The van der Waals surface area contributed by atoms with Gasteiger partial charge in [0.25, 0.3) is 5.91 Å². The van der Waals surface area contributed by atoms with Crippen LogP contribution in [0.4, 0.5) is 30.4 Å². The Hall–Kier alpha value is -3.40. The number of rotatable bonds is 6. The second-order valence-electron chi connectivity index (χ2n) is 8.30. The fourth-order valence-corrected chi connectivity index (χ4v) is 5.12. The van der Waals surface area contributed by atoms with E-state index in [1.165, 1.54) is 0 Å². The van der Waals surface area contributed by atoms with Gasteiger partial charge in [-0.1, -0.05) is 24.3 Å². The molecule has 0 radical (unpaired) electrons. The largest absolute Gasteiger partial charge is 0.417 e. The third kappa shape index (κ3) is 5.17. The van der Waals surface area contributed by atoms with Crippen molar-refractivity contribution in [3.05, 3.63) is 57.8 Å². The third-order valence-electron chi connectivity index (χ3n) is 6.04. The molecule has 8 nitrogen and oxygen atoms in total. The number of nitrogens with one attached hydrogen (secondary N) is 1. The first-order chi connectivity index (χ1) is 16.6. The van der Waals surface area contributed by atoms with E-state index in [2.05, 4.69) is 15.1 Å². The highest BCUT2D eigenvalue weighted by atomic mass is 32.1. The van der Waals surface area contributed by atoms with Crippen LogP contribution in [-0.4, -0.2) is 41.7 Å². The van der Waals surface area contributed by atoms with Crippen LogP contribution in [0.2, 0.25) is 0 Å². The molecule has 0 aliphatic carbocycles. The van der Waals surface area contributed by atoms with Crippen molar-refractivity contribution in [3.63, 3.8) is 0 Å². The highest BCUT2D eigenvalue weighted by molar-refractivity contribution is 7.21. The number of hydrogen-bond donors (Lipinski definition) is 4. The molecule has 0 saturated carbocycles. The summed E-state index contributed by atoms with van der Waals surface area (Å²) in [6.07, 6.45) is -4.13. The molecule has 1 amide bonds. The van der Waals surface area contributed by atoms with Gasteiger partial charge in [0.05, 0.1) is 23.9 Å². The molecule has 0 bridgehead atoms. The summed E-state index contributed by atoms with van der Waals surface area (Å²) in [6, 6.07) is 7.77. The lowest BCUT2D eigenvalue weighted by Crippen LogP contribution is -2.44. The number of thiophene rings is 1. The molecule has 1 saturated heterocycles. The zero-order chi connectivity index (χ0) is 25.3. The molecule has 1 aliphatic heterocycles. The van der Waals surface area contributed by atoms with Gasteiger partial charge < -0.3 is 26.8 Å². The third-order valence-corrected chi connectivity index (χ3v) is 7.15. The molecule has 1 fully saturated rings. The van der Waals surface area contributed by atoms with Crippen LogP contribution in [0.1, 0.15) is 39.7 Å². The van der Waals surface area contributed by atoms with Crippen molar-refractivity contribution in [1.29, 1.82) is 0 Å². The van der Waals surface area contributed by atoms with Crippen LogP contribution in [0.3, 0.4) is 0 Å². The van der Waals surface area contributed by atoms with Gasteiger partial charge in [-0.3, -0.25) is 4.79 Å². The molecule has 35 heavy (non-hydrogen) atoms. The summed E-state index contributed by atoms with van der Waals surface area (Å²) in [5.74, 6) is -0.725. The predicted molar refractivity (Wildman–Crippen MR) is 128 cm³/mol. The number of anilines is 2. The maximum absolute atomic E-state index is 13.8. The fourth-order valence-electron chi connectivity index (χ4n) is 4.16. The summed E-state index contributed by atoms with van der Waals surface area (Å²) in [6.45, 7) is 8.23. The number of amides is 1. The number of pyridine rings is 1. The van der Waals surface area contributed by atoms with E-state index in [0.717, 1.165) is 17.4 Å². The summed E-state index contributed by atoms with van der Waals surface area (Å²) in [5, 5.41) is 13.4. The SMILES string of the molecule is [C-]#[N+]c1ccc(C(O)CNC2CCN(c3cc(C(F)(F)F)c4c(N)c(C(N)=O)sc4n3)CC2)cc1. The van der Waals surface area contributed by atoms with Crippen molar-refractivity contribution < 1.29 is 23.1 Å². The van der Waals surface area contributed by atoms with Crippen molar-refractivity contribution >= 4 is 44.7 Å². The van der Waals surface area contributed by atoms with Crippen LogP contribution in [0.15, 0.2) is 30.3 Å². The summed E-state index contributed by atoms with van der Waals surface area (Å²) in [4.78, 5) is 20.9. The lowest BCUT2D eigenvalue weighted by atomic mass is 10.0. The van der Waals surface area contributed by atoms with Crippen molar-refractivity contribution in [1.82, 2.24) is 10.3 Å². The molecule has 1 aromatic carbocycles. The van der Waals surface area contributed by atoms with Crippen LogP contribution in [0.25, 0.3) is 15.1 Å². The Morgan fingerprint density at radius 2 is 1.97 bits per heavy atom. The zero-order valence-electron chi connectivity index (χ0n) is 18.5. The molecule has 4 rings (SSSR count). The standard InChI is InChI=1S/C23H23F3N6O2S/c1-29-13-4-2-12(3-5-13)16(33)11-30-14-6-8-32(9-7-14)17-10-15(23(24,25)26)18-19(27)20(21(28)34)35-22(18)31-17/h2-5,10,14,16,30,33H,6-9,11,27H2,(H2,28,34). The van der Waals surface area contributed by atoms with E-state index in [-0.39, 0.29) is 32.6 Å². The molecule has 2 aromatic heterocycles. The van der Waals surface area contributed by atoms with Crippen molar-refractivity contribution in [3.8, 4) is 0 Å². The van der Waals surface area contributed by atoms with E-state index < -0.39 is 23.8 Å². The first-order valence-electron chi connectivity index (χ1n) is 10.8. The molecular formula is C23H23F3N6O2S. The van der Waals surface area contributed by atoms with Gasteiger partial charge >= 0.3 is 6.18 Å². The Morgan fingerprint density at radius 3 is 2.54 bits per heavy atom. The fraction of sp³-hybridized carbons (Fsp3) is 0.348. The zero-order valence-corrected chi connectivity index (χ0v) is 19.3. The normalized spacial score (nSPS) is 15.8. The van der Waals surface area contributed by atoms with E-state index in [1.807, 2.05) is 0 Å². The minimum atomic E-state index is -4.68. The van der Waals surface area contributed by atoms with Crippen LogP contribution in [-0.2, 0) is 6.18 Å². The molecule has 3 heterocycles. The predicted octanol–water partition coefficient (Wildman–Crippen LogP) is 3.84. The second-order valence-corrected chi connectivity index (χ2v) is 9.30. The molecule has 6 N–H and O–H groups in total. The summed E-state index contributed by atoms with van der Waals surface area (Å²) >= 11 is 0.759. The van der Waals surface area contributed by atoms with Crippen molar-refractivity contribution in [2.75, 3.05) is 30.3 Å². The lowest BCUT2D eigenvalue weighted by Gasteiger charge is -2.34. The van der Waals surface area contributed by atoms with Gasteiger partial charge in [0.1, 0.15) is 15.5 Å². The Morgan fingerprint density at radius 1 is 1.31 bits per heavy atom. The van der Waals surface area contributed by atoms with Gasteiger partial charge in [0.2, 0.25) is 0 Å². The number of halogens is 3. The van der Waals surface area contributed by atoms with Gasteiger partial charge in [0.15, 0.2) is 5.69 Å². The summed E-state index contributed by atoms with van der Waals surface area (Å²) in [7, 11) is 0. The Bertz CT molecular complexity index is 1280. The summed E-state index contributed by atoms with van der Waals surface area (Å²) in [5.41, 5.74) is 11.0. The maximum atomic E-state index is 13.8. The van der Waals surface area contributed by atoms with Crippen molar-refractivity contribution in [2.24, 2.45) is 5.73 Å². The van der Waals surface area contributed by atoms with Gasteiger partial charge in [0, 0.05) is 31.1 Å². The number of nitrogens with two attached hydrogens (primary N) is 2. The molecule has 12 heteroatoms. The number of alkyl halides is 3. The number of aromatic nitrogens is 1. The molecule has 3 aromatic rings. The van der Waals surface area contributed by atoms with Gasteiger partial charge in [-0.2, -0.15) is 13.2 Å². The van der Waals surface area contributed by atoms with E-state index in [1.54, 1.807) is 29.2 Å². The molecule has 1 atom stereocenters. The van der Waals surface area contributed by atoms with Crippen LogP contribution >= 0.6 is 11.3 Å². The Kier molecular flexibility index (Phi) is 6.84. The highest BCUT2D eigenvalue weighted by Gasteiger charge is 2.37. The van der Waals surface area contributed by atoms with Crippen LogP contribution in [0.5, 0.6) is 0 Å². The second kappa shape index (κ2) is 9.69. The smallest absolute Gasteiger partial charge is 0.397 e. The van der Waals surface area contributed by atoms with Crippen LogP contribution in [0, 0.1) is 6.57 Å². The number of aliphatic hydroxyl groups excluding tert-OH is 1. The number of carbonyl (C=O) groups is 1. The monoisotopic (exact) mass is 504 g/mol. The number of carbonyl (C=O) groups excluding carboxylic acids is 1. The average Bonchev–Trinajstić information content (AvgIpc) is 3.18. The quantitative estimate of drug-likeness (QED) is 0.379. The van der Waals surface area contributed by atoms with Gasteiger partial charge in [-0.15, -0.1) is 11.3 Å². The number of benzene rings is 1. The number of fused-ring (bicyclic) bond motifs is 1. The average molecular weight is 505 g/mol. The number of nitrogen functional groups attached to an aromatic ring is 1. The highest BCUT2D eigenvalue weighted by Crippen LogP contribution is 2.43. The number of aliphatic hydroxyl groups is 1. The minimum Gasteiger partial charge on any atom is -0.397 e. The van der Waals surface area contributed by atoms with E-state index in [0.29, 0.717) is 43.7 Å². The topological polar surface area (TPSA) is 122 Å². The summed E-state index contributed by atoms with van der Waals surface area (Å²) < 4.78 is 41.4. The Labute approximate surface area is 203 Å². The maximum Gasteiger partial charge on any atom is 0.417 e. The van der Waals surface area contributed by atoms with E-state index in [4.69, 9.17) is 18.0 Å². The molecule has 184 valence electrons. The molecular weight excluding hydrogens is 481 g/mol. The number of nitrogens with zero attached hydrogens (tertiary/aromatic N) is 3. The number of hydrogen-bond acceptors (Lipinski definition) is 7. The molecule has 0 spiro atoms. The van der Waals surface area contributed by atoms with E-state index in [9.17, 15) is 23.1 Å². The lowest BCUT2D eigenvalue weighted by molar-refractivity contribution is -0.136.